The lowest BCUT2D eigenvalue weighted by Gasteiger charge is -2.21. The zero-order valence-electron chi connectivity index (χ0n) is 18.9. The number of halogens is 1. The minimum atomic E-state index is -0.733. The van der Waals surface area contributed by atoms with Crippen LogP contribution in [0.2, 0.25) is 5.02 Å². The standard InChI is InChI=1S/C24H29ClN2O7/c1-14-11-20-19(34-20)6-3-2-5-15(26-32-10-9-27-8-4-7-21(27)30)12-16-22(24(31)33-14)17(28)13-18(29)23(16)25/h2-3,5-6,13-15,19-20,26,28-29H,4,7-12H2,1H3/b5-2+,6-3-/t14-,15?,19+,20+/m1/s1. The number of carbonyl (C=O) groups is 2. The third-order valence-corrected chi connectivity index (χ3v) is 6.49. The SMILES string of the molecule is C[C@@H]1C[C@@H]2O[C@H]2/C=C\C=C\C(NOCCN2CCCC2=O)Cc2c(Cl)c(O)cc(O)c2C(=O)O1. The van der Waals surface area contributed by atoms with Gasteiger partial charge in [0, 0.05) is 32.0 Å². The second-order valence-electron chi connectivity index (χ2n) is 8.70. The molecule has 1 amide bonds. The summed E-state index contributed by atoms with van der Waals surface area (Å²) in [6, 6.07) is 0.557. The number of epoxide rings is 1. The van der Waals surface area contributed by atoms with E-state index in [1.165, 1.54) is 0 Å². The van der Waals surface area contributed by atoms with Gasteiger partial charge < -0.3 is 24.6 Å². The maximum absolute atomic E-state index is 13.0. The molecule has 0 spiro atoms. The van der Waals surface area contributed by atoms with Crippen molar-refractivity contribution in [3.05, 3.63) is 46.5 Å². The molecule has 2 fully saturated rings. The zero-order valence-corrected chi connectivity index (χ0v) is 19.7. The zero-order chi connectivity index (χ0) is 24.2. The Balaban J connectivity index is 1.55. The van der Waals surface area contributed by atoms with Crippen molar-refractivity contribution in [2.75, 3.05) is 19.7 Å². The van der Waals surface area contributed by atoms with Crippen LogP contribution in [0.3, 0.4) is 0 Å². The van der Waals surface area contributed by atoms with Crippen molar-refractivity contribution in [3.8, 4) is 11.5 Å². The monoisotopic (exact) mass is 492 g/mol. The number of hydrogen-bond acceptors (Lipinski definition) is 8. The molecule has 4 rings (SSSR count). The third-order valence-electron chi connectivity index (χ3n) is 6.07. The van der Waals surface area contributed by atoms with Crippen LogP contribution >= 0.6 is 11.6 Å². The number of hydroxylamine groups is 1. The van der Waals surface area contributed by atoms with Crippen molar-refractivity contribution >= 4 is 23.5 Å². The van der Waals surface area contributed by atoms with Crippen LogP contribution in [0, 0.1) is 0 Å². The van der Waals surface area contributed by atoms with Crippen LogP contribution < -0.4 is 5.48 Å². The van der Waals surface area contributed by atoms with Crippen molar-refractivity contribution in [1.29, 1.82) is 0 Å². The topological polar surface area (TPSA) is 121 Å². The molecule has 0 bridgehead atoms. The predicted octanol–water partition coefficient (Wildman–Crippen LogP) is 2.63. The fraction of sp³-hybridized carbons (Fsp3) is 0.500. The van der Waals surface area contributed by atoms with E-state index in [2.05, 4.69) is 5.48 Å². The molecule has 0 radical (unpaired) electrons. The van der Waals surface area contributed by atoms with E-state index in [4.69, 9.17) is 25.9 Å². The Morgan fingerprint density at radius 1 is 1.24 bits per heavy atom. The quantitative estimate of drug-likeness (QED) is 0.248. The van der Waals surface area contributed by atoms with Crippen LogP contribution in [0.1, 0.15) is 42.1 Å². The lowest BCUT2D eigenvalue weighted by Crippen LogP contribution is -2.35. The van der Waals surface area contributed by atoms with Gasteiger partial charge in [0.25, 0.3) is 0 Å². The number of amides is 1. The van der Waals surface area contributed by atoms with E-state index in [1.54, 1.807) is 11.8 Å². The Morgan fingerprint density at radius 3 is 2.79 bits per heavy atom. The highest BCUT2D eigenvalue weighted by Crippen LogP contribution is 2.38. The molecule has 0 saturated carbocycles. The van der Waals surface area contributed by atoms with E-state index in [1.807, 2.05) is 24.3 Å². The number of benzene rings is 1. The van der Waals surface area contributed by atoms with E-state index in [9.17, 15) is 19.8 Å². The molecule has 3 N–H and O–H groups in total. The number of phenolic OH excluding ortho intramolecular Hbond substituents is 2. The maximum atomic E-state index is 13.0. The van der Waals surface area contributed by atoms with Crippen molar-refractivity contribution in [3.63, 3.8) is 0 Å². The first-order valence-electron chi connectivity index (χ1n) is 11.4. The molecular formula is C24H29ClN2O7. The molecule has 1 aromatic rings. The van der Waals surface area contributed by atoms with Gasteiger partial charge in [-0.25, -0.2) is 4.79 Å². The van der Waals surface area contributed by atoms with Crippen LogP contribution in [0.25, 0.3) is 0 Å². The predicted molar refractivity (Wildman–Crippen MR) is 124 cm³/mol. The minimum Gasteiger partial charge on any atom is -0.507 e. The number of hydrogen-bond donors (Lipinski definition) is 3. The van der Waals surface area contributed by atoms with E-state index in [0.717, 1.165) is 19.0 Å². The van der Waals surface area contributed by atoms with Gasteiger partial charge in [-0.3, -0.25) is 9.63 Å². The number of esters is 1. The highest BCUT2D eigenvalue weighted by atomic mass is 35.5. The first-order chi connectivity index (χ1) is 16.3. The molecule has 34 heavy (non-hydrogen) atoms. The van der Waals surface area contributed by atoms with Crippen molar-refractivity contribution in [2.45, 2.75) is 57.0 Å². The molecule has 3 aliphatic heterocycles. The molecule has 0 aliphatic carbocycles. The highest BCUT2D eigenvalue weighted by molar-refractivity contribution is 6.33. The van der Waals surface area contributed by atoms with E-state index < -0.39 is 23.9 Å². The molecule has 4 atom stereocenters. The molecule has 3 aliphatic rings. The smallest absolute Gasteiger partial charge is 0.342 e. The van der Waals surface area contributed by atoms with Crippen LogP contribution in [0.15, 0.2) is 30.4 Å². The second-order valence-corrected chi connectivity index (χ2v) is 9.08. The van der Waals surface area contributed by atoms with E-state index in [-0.39, 0.29) is 53.0 Å². The van der Waals surface area contributed by atoms with Gasteiger partial charge in [-0.15, -0.1) is 0 Å². The Bertz CT molecular complexity index is 996. The highest BCUT2D eigenvalue weighted by Gasteiger charge is 2.38. The number of phenols is 2. The van der Waals surface area contributed by atoms with Crippen molar-refractivity contribution in [2.24, 2.45) is 0 Å². The van der Waals surface area contributed by atoms with Crippen LogP contribution in [-0.2, 0) is 25.5 Å². The summed E-state index contributed by atoms with van der Waals surface area (Å²) in [7, 11) is 0. The Kier molecular flexibility index (Phi) is 7.77. The fourth-order valence-corrected chi connectivity index (χ4v) is 4.47. The second kappa shape index (κ2) is 10.8. The van der Waals surface area contributed by atoms with Gasteiger partial charge in [-0.2, -0.15) is 5.48 Å². The Morgan fingerprint density at radius 2 is 2.03 bits per heavy atom. The summed E-state index contributed by atoms with van der Waals surface area (Å²) in [4.78, 5) is 32.1. The Hall–Kier alpha value is -2.59. The summed E-state index contributed by atoms with van der Waals surface area (Å²) in [5, 5.41) is 20.6. The van der Waals surface area contributed by atoms with Gasteiger partial charge in [0.05, 0.1) is 23.8 Å². The number of nitrogens with one attached hydrogen (secondary N) is 1. The van der Waals surface area contributed by atoms with Gasteiger partial charge in [-0.05, 0) is 25.3 Å². The van der Waals surface area contributed by atoms with Crippen LogP contribution in [-0.4, -0.2) is 71.0 Å². The number of allylic oxidation sites excluding steroid dienone is 2. The van der Waals surface area contributed by atoms with Gasteiger partial charge in [-0.1, -0.05) is 35.9 Å². The average Bonchev–Trinajstić information content (AvgIpc) is 3.38. The minimum absolute atomic E-state index is 0.0403. The number of fused-ring (bicyclic) bond motifs is 2. The number of nitrogens with zero attached hydrogens (tertiary/aromatic N) is 1. The first-order valence-corrected chi connectivity index (χ1v) is 11.8. The van der Waals surface area contributed by atoms with Crippen molar-refractivity contribution in [1.82, 2.24) is 10.4 Å². The van der Waals surface area contributed by atoms with Gasteiger partial charge >= 0.3 is 5.97 Å². The van der Waals surface area contributed by atoms with Crippen LogP contribution in [0.4, 0.5) is 0 Å². The molecule has 2 saturated heterocycles. The third kappa shape index (κ3) is 5.90. The summed E-state index contributed by atoms with van der Waals surface area (Å²) in [5.41, 5.74) is 3.06. The Labute approximate surface area is 202 Å². The summed E-state index contributed by atoms with van der Waals surface area (Å²) in [6.07, 6.45) is 8.96. The van der Waals surface area contributed by atoms with E-state index >= 15 is 0 Å². The number of ether oxygens (including phenoxy) is 2. The molecule has 3 heterocycles. The summed E-state index contributed by atoms with van der Waals surface area (Å²) >= 11 is 6.36. The average molecular weight is 493 g/mol. The summed E-state index contributed by atoms with van der Waals surface area (Å²) in [5.74, 6) is -1.38. The van der Waals surface area contributed by atoms with Gasteiger partial charge in [0.15, 0.2) is 0 Å². The summed E-state index contributed by atoms with van der Waals surface area (Å²) < 4.78 is 11.1. The normalized spacial score (nSPS) is 29.1. The fourth-order valence-electron chi connectivity index (χ4n) is 4.24. The molecule has 1 aromatic carbocycles. The lowest BCUT2D eigenvalue weighted by molar-refractivity contribution is -0.128. The lowest BCUT2D eigenvalue weighted by atomic mass is 9.98. The van der Waals surface area contributed by atoms with Gasteiger partial charge in [0.1, 0.15) is 29.3 Å². The van der Waals surface area contributed by atoms with Crippen molar-refractivity contribution < 1.29 is 34.1 Å². The molecule has 184 valence electrons. The van der Waals surface area contributed by atoms with Gasteiger partial charge in [0.2, 0.25) is 5.91 Å². The molecule has 1 unspecified atom stereocenters. The number of likely N-dealkylation sites (tertiary alicyclic amines) is 1. The molecule has 10 heteroatoms. The summed E-state index contributed by atoms with van der Waals surface area (Å²) in [6.45, 7) is 3.22. The maximum Gasteiger partial charge on any atom is 0.342 e. The molecule has 0 aromatic heterocycles. The van der Waals surface area contributed by atoms with E-state index in [0.29, 0.717) is 19.4 Å². The number of rotatable bonds is 5. The van der Waals surface area contributed by atoms with Crippen LogP contribution in [0.5, 0.6) is 11.5 Å². The number of carbonyl (C=O) groups excluding carboxylic acids is 2. The first kappa shape index (κ1) is 24.5. The largest absolute Gasteiger partial charge is 0.507 e. The molecule has 9 nitrogen and oxygen atoms in total. The number of aromatic hydroxyl groups is 2. The molecular weight excluding hydrogens is 464 g/mol. The number of cyclic esters (lactones) is 1.